The highest BCUT2D eigenvalue weighted by atomic mass is 32.1. The summed E-state index contributed by atoms with van der Waals surface area (Å²) in [5.74, 6) is 1.22. The summed E-state index contributed by atoms with van der Waals surface area (Å²) in [6, 6.07) is 17.5. The third kappa shape index (κ3) is 5.19. The Morgan fingerprint density at radius 3 is 1.93 bits per heavy atom. The highest BCUT2D eigenvalue weighted by Crippen LogP contribution is 2.40. The Bertz CT molecular complexity index is 928. The van der Waals surface area contributed by atoms with Crippen LogP contribution in [0.25, 0.3) is 21.6 Å². The number of hydrogen-bond donors (Lipinski definition) is 0. The second-order valence-electron chi connectivity index (χ2n) is 6.32. The van der Waals surface area contributed by atoms with Gasteiger partial charge in [0.25, 0.3) is 0 Å². The lowest BCUT2D eigenvalue weighted by Gasteiger charge is -2.08. The zero-order valence-electron chi connectivity index (χ0n) is 16.9. The molecule has 0 amide bonds. The van der Waals surface area contributed by atoms with Crippen molar-refractivity contribution in [1.82, 2.24) is 0 Å². The average Bonchev–Trinajstić information content (AvgIpc) is 3.23. The first kappa shape index (κ1) is 21.4. The van der Waals surface area contributed by atoms with Crippen LogP contribution >= 0.6 is 11.3 Å². The molecule has 0 fully saturated rings. The monoisotopic (exact) mass is 420 g/mol. The fraction of sp³-hybridized carbons (Fsp3) is 0.160. The van der Waals surface area contributed by atoms with Crippen LogP contribution in [0.1, 0.15) is 16.6 Å². The molecule has 3 rings (SSSR count). The van der Waals surface area contributed by atoms with Gasteiger partial charge in [-0.2, -0.15) is 0 Å². The predicted octanol–water partition coefficient (Wildman–Crippen LogP) is 6.39. The highest BCUT2D eigenvalue weighted by Gasteiger charge is 2.18. The van der Waals surface area contributed by atoms with Crippen LogP contribution in [0.2, 0.25) is 0 Å². The van der Waals surface area contributed by atoms with Crippen molar-refractivity contribution >= 4 is 17.3 Å². The first-order valence-corrected chi connectivity index (χ1v) is 10.5. The maximum Gasteiger partial charge on any atom is 0.348 e. The highest BCUT2D eigenvalue weighted by molar-refractivity contribution is 7.18. The smallest absolute Gasteiger partial charge is 0.348 e. The number of ether oxygens (including phenoxy) is 3. The summed E-state index contributed by atoms with van der Waals surface area (Å²) < 4.78 is 16.4. The number of carbonyl (C=O) groups excluding carboxylic acids is 1. The van der Waals surface area contributed by atoms with E-state index in [1.165, 1.54) is 11.3 Å². The largest absolute Gasteiger partial charge is 0.490 e. The summed E-state index contributed by atoms with van der Waals surface area (Å²) in [5, 5.41) is 0. The molecule has 0 bridgehead atoms. The molecule has 1 aromatic heterocycles. The molecule has 30 heavy (non-hydrogen) atoms. The van der Waals surface area contributed by atoms with Gasteiger partial charge in [0.15, 0.2) is 0 Å². The Balaban J connectivity index is 1.97. The van der Waals surface area contributed by atoms with Gasteiger partial charge in [0.1, 0.15) is 29.6 Å². The molecular formula is C25H24O4S. The fourth-order valence-electron chi connectivity index (χ4n) is 2.87. The summed E-state index contributed by atoms with van der Waals surface area (Å²) >= 11 is 1.42. The van der Waals surface area contributed by atoms with Crippen LogP contribution in [0, 0.1) is 0 Å². The minimum absolute atomic E-state index is 0.313. The lowest BCUT2D eigenvalue weighted by atomic mass is 10.0. The van der Waals surface area contributed by atoms with E-state index in [2.05, 4.69) is 13.2 Å². The summed E-state index contributed by atoms with van der Waals surface area (Å²) in [4.78, 5) is 13.9. The van der Waals surface area contributed by atoms with E-state index in [1.54, 1.807) is 19.1 Å². The molecule has 0 unspecified atom stereocenters. The van der Waals surface area contributed by atoms with Gasteiger partial charge in [-0.3, -0.25) is 0 Å². The molecule has 0 N–H and O–H groups in total. The molecule has 0 aliphatic carbocycles. The normalized spacial score (nSPS) is 10.3. The molecule has 0 spiro atoms. The fourth-order valence-corrected chi connectivity index (χ4v) is 3.95. The Morgan fingerprint density at radius 1 is 0.900 bits per heavy atom. The van der Waals surface area contributed by atoms with E-state index in [-0.39, 0.29) is 5.97 Å². The van der Waals surface area contributed by atoms with Gasteiger partial charge in [-0.05, 0) is 60.5 Å². The average molecular weight is 421 g/mol. The van der Waals surface area contributed by atoms with Crippen LogP contribution in [-0.2, 0) is 4.74 Å². The van der Waals surface area contributed by atoms with Gasteiger partial charge in [-0.25, -0.2) is 4.79 Å². The van der Waals surface area contributed by atoms with E-state index < -0.39 is 0 Å². The molecule has 0 atom stereocenters. The second-order valence-corrected chi connectivity index (χ2v) is 7.37. The van der Waals surface area contributed by atoms with Crippen LogP contribution in [-0.4, -0.2) is 25.8 Å². The topological polar surface area (TPSA) is 44.8 Å². The number of carbonyl (C=O) groups is 1. The van der Waals surface area contributed by atoms with Gasteiger partial charge in [0, 0.05) is 10.4 Å². The summed E-state index contributed by atoms with van der Waals surface area (Å²) in [7, 11) is 0. The Labute approximate surface area is 181 Å². The summed E-state index contributed by atoms with van der Waals surface area (Å²) in [5.41, 5.74) is 2.97. The SMILES string of the molecule is C=CCOc1ccc(-c2cc(C(=O)OCC)sc2-c2ccc(OCC=C)cc2)cc1. The van der Waals surface area contributed by atoms with E-state index in [0.29, 0.717) is 24.7 Å². The van der Waals surface area contributed by atoms with Crippen LogP contribution in [0.15, 0.2) is 79.9 Å². The number of esters is 1. The van der Waals surface area contributed by atoms with Crippen LogP contribution in [0.4, 0.5) is 0 Å². The first-order chi connectivity index (χ1) is 14.7. The van der Waals surface area contributed by atoms with Crippen LogP contribution in [0.5, 0.6) is 11.5 Å². The van der Waals surface area contributed by atoms with E-state index >= 15 is 0 Å². The predicted molar refractivity (Wildman–Crippen MR) is 123 cm³/mol. The molecule has 5 heteroatoms. The minimum Gasteiger partial charge on any atom is -0.490 e. The standard InChI is InChI=1S/C25H24O4S/c1-4-15-28-20-11-7-18(8-12-20)22-17-23(25(26)27-6-3)30-24(22)19-9-13-21(14-10-19)29-16-5-2/h4-5,7-14,17H,1-2,6,15-16H2,3H3. The lowest BCUT2D eigenvalue weighted by Crippen LogP contribution is -2.01. The van der Waals surface area contributed by atoms with E-state index in [4.69, 9.17) is 14.2 Å². The lowest BCUT2D eigenvalue weighted by molar-refractivity contribution is 0.0532. The van der Waals surface area contributed by atoms with Crippen molar-refractivity contribution in [2.45, 2.75) is 6.92 Å². The maximum atomic E-state index is 12.3. The number of hydrogen-bond acceptors (Lipinski definition) is 5. The van der Waals surface area contributed by atoms with Crippen molar-refractivity contribution in [1.29, 1.82) is 0 Å². The van der Waals surface area contributed by atoms with Crippen molar-refractivity contribution in [3.05, 3.63) is 84.8 Å². The second kappa shape index (κ2) is 10.5. The Kier molecular flexibility index (Phi) is 7.46. The van der Waals surface area contributed by atoms with Gasteiger partial charge < -0.3 is 14.2 Å². The molecule has 2 aromatic carbocycles. The third-order valence-electron chi connectivity index (χ3n) is 4.23. The van der Waals surface area contributed by atoms with Gasteiger partial charge >= 0.3 is 5.97 Å². The zero-order valence-corrected chi connectivity index (χ0v) is 17.7. The van der Waals surface area contributed by atoms with E-state index in [0.717, 1.165) is 33.1 Å². The zero-order chi connectivity index (χ0) is 21.3. The Hall–Kier alpha value is -3.31. The molecule has 0 radical (unpaired) electrons. The van der Waals surface area contributed by atoms with Gasteiger partial charge in [-0.15, -0.1) is 11.3 Å². The van der Waals surface area contributed by atoms with Crippen molar-refractivity contribution in [3.63, 3.8) is 0 Å². The maximum absolute atomic E-state index is 12.3. The number of benzene rings is 2. The van der Waals surface area contributed by atoms with Crippen molar-refractivity contribution in [2.75, 3.05) is 19.8 Å². The molecule has 0 aliphatic rings. The number of thiophene rings is 1. The first-order valence-electron chi connectivity index (χ1n) is 9.65. The van der Waals surface area contributed by atoms with E-state index in [1.807, 2.05) is 54.6 Å². The van der Waals surface area contributed by atoms with Crippen LogP contribution < -0.4 is 9.47 Å². The summed E-state index contributed by atoms with van der Waals surface area (Å²) in [6.07, 6.45) is 3.41. The molecule has 0 saturated heterocycles. The molecule has 4 nitrogen and oxygen atoms in total. The third-order valence-corrected chi connectivity index (χ3v) is 5.39. The van der Waals surface area contributed by atoms with E-state index in [9.17, 15) is 4.79 Å². The quantitative estimate of drug-likeness (QED) is 0.282. The van der Waals surface area contributed by atoms with Gasteiger partial charge in [0.05, 0.1) is 6.61 Å². The van der Waals surface area contributed by atoms with Crippen LogP contribution in [0.3, 0.4) is 0 Å². The number of rotatable bonds is 10. The molecule has 154 valence electrons. The molecular weight excluding hydrogens is 396 g/mol. The van der Waals surface area contributed by atoms with Crippen molar-refractivity contribution in [2.24, 2.45) is 0 Å². The summed E-state index contributed by atoms with van der Waals surface area (Å²) in [6.45, 7) is 10.4. The Morgan fingerprint density at radius 2 is 1.43 bits per heavy atom. The molecule has 3 aromatic rings. The van der Waals surface area contributed by atoms with Crippen molar-refractivity contribution in [3.8, 4) is 33.1 Å². The minimum atomic E-state index is -0.313. The van der Waals surface area contributed by atoms with Gasteiger partial charge in [-0.1, -0.05) is 37.4 Å². The van der Waals surface area contributed by atoms with Crippen molar-refractivity contribution < 1.29 is 19.0 Å². The van der Waals surface area contributed by atoms with Gasteiger partial charge in [0.2, 0.25) is 0 Å². The molecule has 1 heterocycles. The molecule has 0 saturated carbocycles. The molecule has 0 aliphatic heterocycles.